The van der Waals surface area contributed by atoms with E-state index in [0.717, 1.165) is 51.7 Å². The Morgan fingerprint density at radius 2 is 2.00 bits per heavy atom. The molecular formula is C17H28N4O. The van der Waals surface area contributed by atoms with Crippen molar-refractivity contribution in [2.75, 3.05) is 45.9 Å². The van der Waals surface area contributed by atoms with Gasteiger partial charge in [-0.15, -0.1) is 0 Å². The van der Waals surface area contributed by atoms with Gasteiger partial charge in [0.15, 0.2) is 0 Å². The van der Waals surface area contributed by atoms with Crippen LogP contribution in [-0.2, 0) is 24.2 Å². The summed E-state index contributed by atoms with van der Waals surface area (Å²) in [5.74, 6) is 2.04. The molecule has 0 unspecified atom stereocenters. The van der Waals surface area contributed by atoms with Crippen molar-refractivity contribution < 1.29 is 4.74 Å². The maximum Gasteiger partial charge on any atom is 0.110 e. The number of likely N-dealkylation sites (tertiary alicyclic amines) is 1. The molecule has 4 rings (SSSR count). The van der Waals surface area contributed by atoms with Crippen molar-refractivity contribution in [3.05, 3.63) is 17.7 Å². The van der Waals surface area contributed by atoms with Crippen LogP contribution in [0.3, 0.4) is 0 Å². The molecule has 1 atom stereocenters. The van der Waals surface area contributed by atoms with Gasteiger partial charge in [-0.3, -0.25) is 4.90 Å². The molecular weight excluding hydrogens is 276 g/mol. The minimum absolute atomic E-state index is 0.745. The monoisotopic (exact) mass is 304 g/mol. The Morgan fingerprint density at radius 1 is 1.09 bits per heavy atom. The maximum atomic E-state index is 5.52. The van der Waals surface area contributed by atoms with E-state index < -0.39 is 0 Å². The summed E-state index contributed by atoms with van der Waals surface area (Å²) in [6, 6.07) is 0. The summed E-state index contributed by atoms with van der Waals surface area (Å²) < 4.78 is 8.01. The summed E-state index contributed by atoms with van der Waals surface area (Å²) in [6.45, 7) is 10.1. The number of fused-ring (bicyclic) bond motifs is 1. The first-order valence-electron chi connectivity index (χ1n) is 8.94. The van der Waals surface area contributed by atoms with Crippen LogP contribution in [-0.4, -0.2) is 65.3 Å². The lowest BCUT2D eigenvalue weighted by Crippen LogP contribution is -2.32. The molecule has 0 bridgehead atoms. The fourth-order valence-corrected chi connectivity index (χ4v) is 4.11. The van der Waals surface area contributed by atoms with Crippen LogP contribution in [0.15, 0.2) is 6.20 Å². The third kappa shape index (κ3) is 3.21. The van der Waals surface area contributed by atoms with E-state index in [1.54, 1.807) is 0 Å². The first kappa shape index (κ1) is 14.7. The maximum absolute atomic E-state index is 5.52. The zero-order valence-electron chi connectivity index (χ0n) is 13.5. The average molecular weight is 304 g/mol. The summed E-state index contributed by atoms with van der Waals surface area (Å²) in [6.07, 6.45) is 7.17. The standard InChI is InChI=1S/C17H28N4O/c1-2-6-19(5-1)13-16-11-18-17-3-7-20(8-9-21(16)17)12-15-4-10-22-14-15/h11,15H,1-10,12-14H2/t15-/m0/s1. The highest BCUT2D eigenvalue weighted by Crippen LogP contribution is 2.19. The third-order valence-electron chi connectivity index (χ3n) is 5.44. The Bertz CT molecular complexity index is 489. The molecule has 2 fully saturated rings. The van der Waals surface area contributed by atoms with E-state index in [0.29, 0.717) is 0 Å². The minimum atomic E-state index is 0.745. The van der Waals surface area contributed by atoms with E-state index in [9.17, 15) is 0 Å². The molecule has 0 N–H and O–H groups in total. The number of ether oxygens (including phenoxy) is 1. The lowest BCUT2D eigenvalue weighted by molar-refractivity contribution is 0.167. The quantitative estimate of drug-likeness (QED) is 0.841. The molecule has 1 aromatic heterocycles. The summed E-state index contributed by atoms with van der Waals surface area (Å²) >= 11 is 0. The van der Waals surface area contributed by atoms with Gasteiger partial charge in [0.25, 0.3) is 0 Å². The molecule has 0 aromatic carbocycles. The molecule has 122 valence electrons. The molecule has 0 radical (unpaired) electrons. The van der Waals surface area contributed by atoms with Crippen LogP contribution in [0.4, 0.5) is 0 Å². The normalized spacial score (nSPS) is 27.2. The van der Waals surface area contributed by atoms with Crippen LogP contribution in [0.2, 0.25) is 0 Å². The Morgan fingerprint density at radius 3 is 2.82 bits per heavy atom. The largest absolute Gasteiger partial charge is 0.381 e. The van der Waals surface area contributed by atoms with Gasteiger partial charge >= 0.3 is 0 Å². The molecule has 22 heavy (non-hydrogen) atoms. The topological polar surface area (TPSA) is 33.5 Å². The molecule has 4 heterocycles. The fraction of sp³-hybridized carbons (Fsp3) is 0.824. The Balaban J connectivity index is 1.37. The van der Waals surface area contributed by atoms with Crippen LogP contribution in [0, 0.1) is 5.92 Å². The van der Waals surface area contributed by atoms with E-state index in [4.69, 9.17) is 9.72 Å². The molecule has 0 saturated carbocycles. The van der Waals surface area contributed by atoms with Gasteiger partial charge in [0, 0.05) is 51.9 Å². The van der Waals surface area contributed by atoms with E-state index in [-0.39, 0.29) is 0 Å². The highest BCUT2D eigenvalue weighted by molar-refractivity contribution is 5.08. The van der Waals surface area contributed by atoms with E-state index in [1.165, 1.54) is 50.4 Å². The molecule has 0 spiro atoms. The van der Waals surface area contributed by atoms with Gasteiger partial charge in [-0.2, -0.15) is 0 Å². The van der Waals surface area contributed by atoms with Crippen molar-refractivity contribution >= 4 is 0 Å². The number of imidazole rings is 1. The van der Waals surface area contributed by atoms with Crippen LogP contribution in [0.5, 0.6) is 0 Å². The Labute approximate surface area is 133 Å². The average Bonchev–Trinajstić information content (AvgIpc) is 3.24. The number of nitrogens with zero attached hydrogens (tertiary/aromatic N) is 4. The number of rotatable bonds is 4. The van der Waals surface area contributed by atoms with Gasteiger partial charge in [-0.25, -0.2) is 4.98 Å². The van der Waals surface area contributed by atoms with Crippen molar-refractivity contribution in [1.29, 1.82) is 0 Å². The number of hydrogen-bond acceptors (Lipinski definition) is 4. The van der Waals surface area contributed by atoms with Crippen molar-refractivity contribution in [2.24, 2.45) is 5.92 Å². The molecule has 0 amide bonds. The van der Waals surface area contributed by atoms with Crippen LogP contribution in [0.1, 0.15) is 30.8 Å². The molecule has 2 saturated heterocycles. The predicted molar refractivity (Wildman–Crippen MR) is 85.8 cm³/mol. The first-order valence-corrected chi connectivity index (χ1v) is 8.94. The summed E-state index contributed by atoms with van der Waals surface area (Å²) in [5, 5.41) is 0. The Kier molecular flexibility index (Phi) is 4.46. The van der Waals surface area contributed by atoms with Crippen LogP contribution >= 0.6 is 0 Å². The molecule has 3 aliphatic rings. The lowest BCUT2D eigenvalue weighted by Gasteiger charge is -2.23. The number of aromatic nitrogens is 2. The summed E-state index contributed by atoms with van der Waals surface area (Å²) in [7, 11) is 0. The minimum Gasteiger partial charge on any atom is -0.381 e. The first-order chi connectivity index (χ1) is 10.9. The van der Waals surface area contributed by atoms with E-state index >= 15 is 0 Å². The van der Waals surface area contributed by atoms with Crippen molar-refractivity contribution in [3.63, 3.8) is 0 Å². The zero-order chi connectivity index (χ0) is 14.8. The SMILES string of the molecule is c1nc2n(c1CN1CCCC1)CCN(C[C@@H]1CCOC1)CC2. The second-order valence-electron chi connectivity index (χ2n) is 7.08. The molecule has 5 nitrogen and oxygen atoms in total. The Hall–Kier alpha value is -0.910. The number of hydrogen-bond donors (Lipinski definition) is 0. The van der Waals surface area contributed by atoms with Gasteiger partial charge in [-0.05, 0) is 38.3 Å². The molecule has 3 aliphatic heterocycles. The van der Waals surface area contributed by atoms with Crippen molar-refractivity contribution in [1.82, 2.24) is 19.4 Å². The highest BCUT2D eigenvalue weighted by Gasteiger charge is 2.23. The van der Waals surface area contributed by atoms with Crippen LogP contribution < -0.4 is 0 Å². The fourth-order valence-electron chi connectivity index (χ4n) is 4.11. The molecule has 0 aliphatic carbocycles. The van der Waals surface area contributed by atoms with Gasteiger partial charge in [0.2, 0.25) is 0 Å². The van der Waals surface area contributed by atoms with Gasteiger partial charge < -0.3 is 14.2 Å². The van der Waals surface area contributed by atoms with Crippen molar-refractivity contribution in [3.8, 4) is 0 Å². The summed E-state index contributed by atoms with van der Waals surface area (Å²) in [5.41, 5.74) is 1.42. The second kappa shape index (κ2) is 6.69. The second-order valence-corrected chi connectivity index (χ2v) is 7.08. The predicted octanol–water partition coefficient (Wildman–Crippen LogP) is 1.37. The molecule has 5 heteroatoms. The van der Waals surface area contributed by atoms with Crippen LogP contribution in [0.25, 0.3) is 0 Å². The van der Waals surface area contributed by atoms with Crippen molar-refractivity contribution in [2.45, 2.75) is 38.8 Å². The van der Waals surface area contributed by atoms with Gasteiger partial charge in [-0.1, -0.05) is 0 Å². The smallest absolute Gasteiger partial charge is 0.110 e. The summed E-state index contributed by atoms with van der Waals surface area (Å²) in [4.78, 5) is 9.90. The lowest BCUT2D eigenvalue weighted by atomic mass is 10.1. The zero-order valence-corrected chi connectivity index (χ0v) is 13.5. The highest BCUT2D eigenvalue weighted by atomic mass is 16.5. The van der Waals surface area contributed by atoms with E-state index in [1.807, 2.05) is 0 Å². The van der Waals surface area contributed by atoms with Gasteiger partial charge in [0.05, 0.1) is 12.3 Å². The van der Waals surface area contributed by atoms with E-state index in [2.05, 4.69) is 20.6 Å². The van der Waals surface area contributed by atoms with Gasteiger partial charge in [0.1, 0.15) is 5.82 Å². The molecule has 1 aromatic rings. The third-order valence-corrected chi connectivity index (χ3v) is 5.44.